The third-order valence-corrected chi connectivity index (χ3v) is 4.63. The Labute approximate surface area is 154 Å². The lowest BCUT2D eigenvalue weighted by Gasteiger charge is -2.34. The fourth-order valence-electron chi connectivity index (χ4n) is 3.11. The number of benzene rings is 1. The highest BCUT2D eigenvalue weighted by atomic mass is 19.1. The molecule has 6 nitrogen and oxygen atoms in total. The van der Waals surface area contributed by atoms with Gasteiger partial charge in [-0.1, -0.05) is 6.07 Å². The molecule has 26 heavy (non-hydrogen) atoms. The van der Waals surface area contributed by atoms with Crippen molar-refractivity contribution in [3.63, 3.8) is 0 Å². The Morgan fingerprint density at radius 3 is 2.69 bits per heavy atom. The van der Waals surface area contributed by atoms with Crippen LogP contribution in [0.3, 0.4) is 0 Å². The van der Waals surface area contributed by atoms with Crippen molar-refractivity contribution in [1.82, 2.24) is 15.5 Å². The minimum Gasteiger partial charge on any atom is -0.494 e. The average molecular weight is 364 g/mol. The zero-order chi connectivity index (χ0) is 18.9. The number of hydrogen-bond donors (Lipinski definition) is 2. The summed E-state index contributed by atoms with van der Waals surface area (Å²) in [6.45, 7) is 4.94. The topological polar surface area (TPSA) is 66.0 Å². The number of rotatable bonds is 6. The number of piperidine rings is 1. The molecule has 0 spiro atoms. The highest BCUT2D eigenvalue weighted by molar-refractivity contribution is 5.80. The van der Waals surface area contributed by atoms with Crippen molar-refractivity contribution >= 4 is 11.9 Å². The second-order valence-electron chi connectivity index (χ2n) is 6.45. The van der Waals surface area contributed by atoms with Crippen LogP contribution in [-0.2, 0) is 11.3 Å². The number of nitrogens with zero attached hydrogens (tertiary/aromatic N) is 2. The van der Waals surface area contributed by atoms with E-state index in [-0.39, 0.29) is 17.5 Å². The number of halogens is 1. The summed E-state index contributed by atoms with van der Waals surface area (Å²) >= 11 is 0. The van der Waals surface area contributed by atoms with E-state index < -0.39 is 0 Å². The Balaban J connectivity index is 1.96. The van der Waals surface area contributed by atoms with Crippen molar-refractivity contribution in [3.05, 3.63) is 29.6 Å². The van der Waals surface area contributed by atoms with Gasteiger partial charge in [-0.05, 0) is 43.4 Å². The molecule has 0 bridgehead atoms. The highest BCUT2D eigenvalue weighted by Crippen LogP contribution is 2.21. The predicted octanol–water partition coefficient (Wildman–Crippen LogP) is 2.15. The largest absolute Gasteiger partial charge is 0.494 e. The summed E-state index contributed by atoms with van der Waals surface area (Å²) < 4.78 is 18.8. The maximum atomic E-state index is 13.8. The van der Waals surface area contributed by atoms with Gasteiger partial charge >= 0.3 is 0 Å². The first-order chi connectivity index (χ1) is 12.6. The molecule has 0 aromatic heterocycles. The number of methoxy groups -OCH3 is 1. The Bertz CT molecular complexity index is 628. The number of hydrogen-bond acceptors (Lipinski definition) is 3. The van der Waals surface area contributed by atoms with Gasteiger partial charge in [0.05, 0.1) is 13.7 Å². The molecule has 0 unspecified atom stereocenters. The molecule has 2 rings (SSSR count). The summed E-state index contributed by atoms with van der Waals surface area (Å²) in [7, 11) is 3.13. The predicted molar refractivity (Wildman–Crippen MR) is 101 cm³/mol. The minimum absolute atomic E-state index is 0.102. The molecule has 1 aromatic carbocycles. The molecule has 0 atom stereocenters. The zero-order valence-corrected chi connectivity index (χ0v) is 15.8. The minimum atomic E-state index is -0.375. The van der Waals surface area contributed by atoms with Crippen LogP contribution in [0.25, 0.3) is 0 Å². The average Bonchev–Trinajstić information content (AvgIpc) is 2.66. The number of amides is 1. The van der Waals surface area contributed by atoms with Gasteiger partial charge in [-0.3, -0.25) is 4.79 Å². The molecule has 2 N–H and O–H groups in total. The van der Waals surface area contributed by atoms with E-state index in [9.17, 15) is 9.18 Å². The Morgan fingerprint density at radius 2 is 2.12 bits per heavy atom. The molecule has 1 fully saturated rings. The molecule has 144 valence electrons. The number of nitrogens with one attached hydrogen (secondary N) is 2. The summed E-state index contributed by atoms with van der Waals surface area (Å²) in [5.41, 5.74) is 0.799. The van der Waals surface area contributed by atoms with E-state index in [2.05, 4.69) is 20.5 Å². The van der Waals surface area contributed by atoms with Gasteiger partial charge in [0.1, 0.15) is 0 Å². The first-order valence-corrected chi connectivity index (χ1v) is 9.13. The summed E-state index contributed by atoms with van der Waals surface area (Å²) in [4.78, 5) is 18.4. The van der Waals surface area contributed by atoms with E-state index >= 15 is 0 Å². The van der Waals surface area contributed by atoms with Crippen LogP contribution in [0.2, 0.25) is 0 Å². The first kappa shape index (κ1) is 20.0. The molecule has 1 aromatic rings. The number of aliphatic imine (C=N–C) groups is 1. The zero-order valence-electron chi connectivity index (χ0n) is 15.8. The molecule has 1 saturated heterocycles. The lowest BCUT2D eigenvalue weighted by molar-refractivity contribution is -0.121. The number of likely N-dealkylation sites (tertiary alicyclic amines) is 1. The highest BCUT2D eigenvalue weighted by Gasteiger charge is 2.23. The van der Waals surface area contributed by atoms with Crippen molar-refractivity contribution < 1.29 is 13.9 Å². The smallest absolute Gasteiger partial charge is 0.220 e. The molecular weight excluding hydrogens is 335 g/mol. The lowest BCUT2D eigenvalue weighted by atomic mass is 9.93. The molecule has 0 saturated carbocycles. The maximum absolute atomic E-state index is 13.8. The van der Waals surface area contributed by atoms with Crippen LogP contribution in [0.5, 0.6) is 5.75 Å². The fourth-order valence-corrected chi connectivity index (χ4v) is 3.11. The monoisotopic (exact) mass is 364 g/mol. The second-order valence-corrected chi connectivity index (χ2v) is 6.45. The van der Waals surface area contributed by atoms with Crippen LogP contribution >= 0.6 is 0 Å². The quantitative estimate of drug-likeness (QED) is 0.600. The van der Waals surface area contributed by atoms with Gasteiger partial charge in [-0.15, -0.1) is 0 Å². The summed E-state index contributed by atoms with van der Waals surface area (Å²) in [5, 5.41) is 5.99. The second kappa shape index (κ2) is 9.99. The van der Waals surface area contributed by atoms with Gasteiger partial charge < -0.3 is 20.3 Å². The number of ether oxygens (including phenoxy) is 1. The maximum Gasteiger partial charge on any atom is 0.220 e. The van der Waals surface area contributed by atoms with E-state index in [1.54, 1.807) is 13.1 Å². The Hall–Kier alpha value is -2.31. The number of carbonyl (C=O) groups is 1. The van der Waals surface area contributed by atoms with E-state index in [0.29, 0.717) is 18.9 Å². The SMILES string of the molecule is CCNC(=NCc1ccc(OC)c(F)c1)N1CCC(CC(=O)NC)CC1. The van der Waals surface area contributed by atoms with Gasteiger partial charge in [-0.25, -0.2) is 9.38 Å². The fraction of sp³-hybridized carbons (Fsp3) is 0.579. The van der Waals surface area contributed by atoms with Crippen molar-refractivity contribution in [3.8, 4) is 5.75 Å². The first-order valence-electron chi connectivity index (χ1n) is 9.13. The molecule has 1 heterocycles. The van der Waals surface area contributed by atoms with Crippen LogP contribution < -0.4 is 15.4 Å². The van der Waals surface area contributed by atoms with Crippen molar-refractivity contribution in [1.29, 1.82) is 0 Å². The normalized spacial score (nSPS) is 15.7. The van der Waals surface area contributed by atoms with Gasteiger partial charge in [0, 0.05) is 33.1 Å². The molecular formula is C19H29FN4O2. The molecule has 1 aliphatic heterocycles. The van der Waals surface area contributed by atoms with Crippen LogP contribution in [-0.4, -0.2) is 50.6 Å². The molecule has 1 amide bonds. The van der Waals surface area contributed by atoms with Gasteiger partial charge in [0.2, 0.25) is 5.91 Å². The third-order valence-electron chi connectivity index (χ3n) is 4.63. The molecule has 7 heteroatoms. The third kappa shape index (κ3) is 5.61. The summed E-state index contributed by atoms with van der Waals surface area (Å²) in [5.74, 6) is 1.22. The van der Waals surface area contributed by atoms with Crippen LogP contribution in [0.1, 0.15) is 31.7 Å². The van der Waals surface area contributed by atoms with Gasteiger partial charge in [-0.2, -0.15) is 0 Å². The van der Waals surface area contributed by atoms with Crippen molar-refractivity contribution in [2.75, 3.05) is 33.8 Å². The van der Waals surface area contributed by atoms with Crippen LogP contribution in [0.15, 0.2) is 23.2 Å². The van der Waals surface area contributed by atoms with Gasteiger partial charge in [0.15, 0.2) is 17.5 Å². The Kier molecular flexibility index (Phi) is 7.69. The molecule has 0 aliphatic carbocycles. The van der Waals surface area contributed by atoms with Crippen LogP contribution in [0, 0.1) is 11.7 Å². The van der Waals surface area contributed by atoms with E-state index in [4.69, 9.17) is 4.74 Å². The summed E-state index contributed by atoms with van der Waals surface area (Å²) in [6.07, 6.45) is 2.52. The standard InChI is InChI=1S/C19H29FN4O2/c1-4-22-19(23-13-15-5-6-17(26-3)16(20)11-15)24-9-7-14(8-10-24)12-18(25)21-2/h5-6,11,14H,4,7-10,12-13H2,1-3H3,(H,21,25)(H,22,23). The van der Waals surface area contributed by atoms with Crippen molar-refractivity contribution in [2.24, 2.45) is 10.9 Å². The van der Waals surface area contributed by atoms with Crippen molar-refractivity contribution in [2.45, 2.75) is 32.7 Å². The van der Waals surface area contributed by atoms with E-state index in [1.807, 2.05) is 13.0 Å². The van der Waals surface area contributed by atoms with E-state index in [0.717, 1.165) is 44.0 Å². The number of guanidine groups is 1. The van der Waals surface area contributed by atoms with Gasteiger partial charge in [0.25, 0.3) is 0 Å². The van der Waals surface area contributed by atoms with Crippen LogP contribution in [0.4, 0.5) is 4.39 Å². The molecule has 0 radical (unpaired) electrons. The molecule has 1 aliphatic rings. The Morgan fingerprint density at radius 1 is 1.38 bits per heavy atom. The van der Waals surface area contributed by atoms with E-state index in [1.165, 1.54) is 13.2 Å². The summed E-state index contributed by atoms with van der Waals surface area (Å²) in [6, 6.07) is 4.91. The lowest BCUT2D eigenvalue weighted by Crippen LogP contribution is -2.46. The number of carbonyl (C=O) groups excluding carboxylic acids is 1.